The van der Waals surface area contributed by atoms with Crippen LogP contribution in [0.5, 0.6) is 0 Å². The number of H-pyrrole nitrogens is 1. The van der Waals surface area contributed by atoms with E-state index in [2.05, 4.69) is 28.8 Å². The number of aromatic nitrogens is 4. The summed E-state index contributed by atoms with van der Waals surface area (Å²) in [6.45, 7) is 7.79. The number of rotatable bonds is 4. The van der Waals surface area contributed by atoms with Gasteiger partial charge in [-0.05, 0) is 33.3 Å². The first-order chi connectivity index (χ1) is 11.8. The van der Waals surface area contributed by atoms with Gasteiger partial charge in [-0.1, -0.05) is 0 Å². The lowest BCUT2D eigenvalue weighted by Crippen LogP contribution is -2.54. The highest BCUT2D eigenvalue weighted by Gasteiger charge is 2.39. The number of nitrogens with zero attached hydrogens (tertiary/aromatic N) is 4. The molecule has 0 aromatic carbocycles. The molecule has 0 spiro atoms. The normalized spacial score (nSPS) is 24.8. The van der Waals surface area contributed by atoms with Gasteiger partial charge >= 0.3 is 5.69 Å². The molecule has 2 aromatic rings. The molecule has 8 heteroatoms. The molecular weight excluding hydrogens is 322 g/mol. The number of β-amino-alcohol motifs (C(OH)–C–C–N with tert-alkyl or cyclic N) is 1. The predicted octanol–water partition coefficient (Wildman–Crippen LogP) is 0.512. The van der Waals surface area contributed by atoms with Gasteiger partial charge in [0.15, 0.2) is 0 Å². The van der Waals surface area contributed by atoms with E-state index >= 15 is 0 Å². The summed E-state index contributed by atoms with van der Waals surface area (Å²) in [6, 6.07) is 3.21. The monoisotopic (exact) mass is 347 g/mol. The predicted molar refractivity (Wildman–Crippen MR) is 93.5 cm³/mol. The van der Waals surface area contributed by atoms with Gasteiger partial charge in [-0.3, -0.25) is 23.9 Å². The maximum absolute atomic E-state index is 12.1. The number of hydrogen-bond donors (Lipinski definition) is 2. The summed E-state index contributed by atoms with van der Waals surface area (Å²) in [4.78, 5) is 27.7. The third-order valence-electron chi connectivity index (χ3n) is 4.79. The fourth-order valence-corrected chi connectivity index (χ4v) is 3.66. The van der Waals surface area contributed by atoms with Crippen LogP contribution >= 0.6 is 0 Å². The van der Waals surface area contributed by atoms with Crippen LogP contribution in [0.3, 0.4) is 0 Å². The molecule has 136 valence electrons. The van der Waals surface area contributed by atoms with Crippen LogP contribution < -0.4 is 11.2 Å². The van der Waals surface area contributed by atoms with Crippen molar-refractivity contribution in [2.45, 2.75) is 51.4 Å². The van der Waals surface area contributed by atoms with Crippen molar-refractivity contribution in [3.05, 3.63) is 51.1 Å². The van der Waals surface area contributed by atoms with Crippen LogP contribution in [0.1, 0.15) is 45.0 Å². The Kier molecular flexibility index (Phi) is 4.66. The number of aliphatic hydroxyl groups is 1. The Morgan fingerprint density at radius 1 is 1.40 bits per heavy atom. The van der Waals surface area contributed by atoms with Crippen LogP contribution in [0.4, 0.5) is 0 Å². The molecule has 0 radical (unpaired) electrons. The zero-order chi connectivity index (χ0) is 18.2. The smallest absolute Gasteiger partial charge is 0.328 e. The zero-order valence-electron chi connectivity index (χ0n) is 14.8. The molecule has 0 saturated carbocycles. The molecule has 0 aliphatic carbocycles. The third-order valence-corrected chi connectivity index (χ3v) is 4.79. The van der Waals surface area contributed by atoms with E-state index in [0.717, 1.165) is 12.2 Å². The molecule has 0 bridgehead atoms. The molecule has 25 heavy (non-hydrogen) atoms. The maximum atomic E-state index is 12.1. The van der Waals surface area contributed by atoms with Gasteiger partial charge in [0.2, 0.25) is 0 Å². The second-order valence-corrected chi connectivity index (χ2v) is 7.25. The van der Waals surface area contributed by atoms with Gasteiger partial charge in [0.25, 0.3) is 5.56 Å². The number of nitrogens with one attached hydrogen (secondary N) is 1. The lowest BCUT2D eigenvalue weighted by atomic mass is 9.88. The van der Waals surface area contributed by atoms with Gasteiger partial charge < -0.3 is 5.11 Å². The maximum Gasteiger partial charge on any atom is 0.328 e. The number of piperidine rings is 1. The van der Waals surface area contributed by atoms with Gasteiger partial charge in [0.1, 0.15) is 0 Å². The lowest BCUT2D eigenvalue weighted by molar-refractivity contribution is -0.0609. The Labute approximate surface area is 145 Å². The summed E-state index contributed by atoms with van der Waals surface area (Å²) in [5, 5.41) is 15.3. The fourth-order valence-electron chi connectivity index (χ4n) is 3.66. The van der Waals surface area contributed by atoms with E-state index in [4.69, 9.17) is 0 Å². The topological polar surface area (TPSA) is 96.2 Å². The number of aromatic amines is 1. The largest absolute Gasteiger partial charge is 0.387 e. The van der Waals surface area contributed by atoms with Crippen molar-refractivity contribution in [2.75, 3.05) is 13.1 Å². The van der Waals surface area contributed by atoms with Crippen molar-refractivity contribution in [1.29, 1.82) is 0 Å². The highest BCUT2D eigenvalue weighted by molar-refractivity contribution is 5.04. The van der Waals surface area contributed by atoms with E-state index in [1.54, 1.807) is 13.1 Å². The van der Waals surface area contributed by atoms with Gasteiger partial charge in [-0.15, -0.1) is 0 Å². The van der Waals surface area contributed by atoms with Gasteiger partial charge in [-0.25, -0.2) is 4.79 Å². The average molecular weight is 347 g/mol. The first-order valence-corrected chi connectivity index (χ1v) is 8.56. The van der Waals surface area contributed by atoms with Crippen LogP contribution in [-0.4, -0.2) is 48.0 Å². The Morgan fingerprint density at radius 3 is 2.80 bits per heavy atom. The molecule has 3 rings (SSSR count). The third kappa shape index (κ3) is 3.59. The quantitative estimate of drug-likeness (QED) is 0.840. The van der Waals surface area contributed by atoms with Crippen molar-refractivity contribution < 1.29 is 5.11 Å². The minimum atomic E-state index is -1.08. The van der Waals surface area contributed by atoms with E-state index in [-0.39, 0.29) is 12.1 Å². The Hall–Kier alpha value is -2.19. The summed E-state index contributed by atoms with van der Waals surface area (Å²) in [6.07, 6.45) is 3.87. The first kappa shape index (κ1) is 17.6. The second kappa shape index (κ2) is 6.61. The van der Waals surface area contributed by atoms with E-state index in [1.165, 1.54) is 16.8 Å². The van der Waals surface area contributed by atoms with Crippen molar-refractivity contribution in [3.63, 3.8) is 0 Å². The molecule has 1 fully saturated rings. The van der Waals surface area contributed by atoms with Crippen LogP contribution in [-0.2, 0) is 6.54 Å². The van der Waals surface area contributed by atoms with E-state index in [0.29, 0.717) is 19.5 Å². The molecule has 2 aromatic heterocycles. The van der Waals surface area contributed by atoms with Crippen LogP contribution in [0.25, 0.3) is 0 Å². The van der Waals surface area contributed by atoms with Crippen molar-refractivity contribution in [2.24, 2.45) is 0 Å². The summed E-state index contributed by atoms with van der Waals surface area (Å²) in [7, 11) is 0. The Balaban J connectivity index is 1.77. The molecule has 3 heterocycles. The second-order valence-electron chi connectivity index (χ2n) is 7.25. The standard InChI is InChI=1S/C17H25N5O3/c1-12(2)22-13(4-7-18-22)10-20-8-5-14(17(3,25)11-20)21-9-6-15(23)19-16(21)24/h4,6-7,9,12,14,25H,5,8,10-11H2,1-3H3,(H,19,23,24)/t14-,17-/m1/s1. The Bertz CT molecular complexity index is 848. The summed E-state index contributed by atoms with van der Waals surface area (Å²) >= 11 is 0. The molecule has 0 amide bonds. The van der Waals surface area contributed by atoms with E-state index in [1.807, 2.05) is 10.7 Å². The summed E-state index contributed by atoms with van der Waals surface area (Å²) in [5.74, 6) is 0. The summed E-state index contributed by atoms with van der Waals surface area (Å²) < 4.78 is 3.41. The van der Waals surface area contributed by atoms with Gasteiger partial charge in [0, 0.05) is 44.1 Å². The lowest BCUT2D eigenvalue weighted by Gasteiger charge is -2.43. The fraction of sp³-hybridized carbons (Fsp3) is 0.588. The van der Waals surface area contributed by atoms with Gasteiger partial charge in [0.05, 0.1) is 17.3 Å². The Morgan fingerprint density at radius 2 is 2.16 bits per heavy atom. The highest BCUT2D eigenvalue weighted by Crippen LogP contribution is 2.31. The minimum absolute atomic E-state index is 0.280. The van der Waals surface area contributed by atoms with Gasteiger partial charge in [-0.2, -0.15) is 5.10 Å². The summed E-state index contributed by atoms with van der Waals surface area (Å²) in [5.41, 5.74) is -0.891. The molecular formula is C17H25N5O3. The zero-order valence-corrected chi connectivity index (χ0v) is 14.8. The number of hydrogen-bond acceptors (Lipinski definition) is 5. The van der Waals surface area contributed by atoms with Crippen LogP contribution in [0.15, 0.2) is 34.1 Å². The SMILES string of the molecule is CC(C)n1nccc1CN1CC[C@@H](n2ccc(=O)[nH]c2=O)[C@](C)(O)C1. The van der Waals surface area contributed by atoms with Crippen molar-refractivity contribution in [1.82, 2.24) is 24.2 Å². The molecule has 1 aliphatic heterocycles. The molecule has 1 saturated heterocycles. The molecule has 1 aliphatic rings. The first-order valence-electron chi connectivity index (χ1n) is 8.56. The minimum Gasteiger partial charge on any atom is -0.387 e. The molecule has 0 unspecified atom stereocenters. The molecule has 2 atom stereocenters. The highest BCUT2D eigenvalue weighted by atomic mass is 16.3. The van der Waals surface area contributed by atoms with E-state index in [9.17, 15) is 14.7 Å². The molecule has 2 N–H and O–H groups in total. The van der Waals surface area contributed by atoms with Crippen LogP contribution in [0.2, 0.25) is 0 Å². The number of likely N-dealkylation sites (tertiary alicyclic amines) is 1. The van der Waals surface area contributed by atoms with Crippen molar-refractivity contribution in [3.8, 4) is 0 Å². The average Bonchev–Trinajstić information content (AvgIpc) is 2.96. The van der Waals surface area contributed by atoms with Crippen LogP contribution in [0, 0.1) is 0 Å². The van der Waals surface area contributed by atoms with Crippen molar-refractivity contribution >= 4 is 0 Å². The molecule has 8 nitrogen and oxygen atoms in total. The van der Waals surface area contributed by atoms with E-state index < -0.39 is 16.9 Å².